The molecule has 13 heavy (non-hydrogen) atoms. The average Bonchev–Trinajstić information content (AvgIpc) is 2.08. The van der Waals surface area contributed by atoms with E-state index >= 15 is 0 Å². The fourth-order valence-corrected chi connectivity index (χ4v) is 1.48. The molecule has 2 heteroatoms. The maximum atomic E-state index is 4.11. The Morgan fingerprint density at radius 3 is 2.23 bits per heavy atom. The molecule has 0 radical (unpaired) electrons. The fraction of sp³-hybridized carbons (Fsp3) is 0.818. The summed E-state index contributed by atoms with van der Waals surface area (Å²) in [5.41, 5.74) is 1.37. The molecular weight excluding hydrogens is 160 g/mol. The van der Waals surface area contributed by atoms with Crippen LogP contribution in [0.25, 0.3) is 0 Å². The summed E-state index contributed by atoms with van der Waals surface area (Å²) in [4.78, 5) is 4.89. The number of hydrogen-bond donors (Lipinski definition) is 0. The number of likely N-dealkylation sites (N-methyl/N-ethyl adjacent to an activating group) is 1. The molecule has 0 aromatic heterocycles. The van der Waals surface area contributed by atoms with Crippen molar-refractivity contribution in [2.24, 2.45) is 5.92 Å². The van der Waals surface area contributed by atoms with Crippen LogP contribution in [0.15, 0.2) is 12.2 Å². The first-order valence-electron chi connectivity index (χ1n) is 5.18. The van der Waals surface area contributed by atoms with E-state index in [9.17, 15) is 0 Å². The van der Waals surface area contributed by atoms with Gasteiger partial charge in [0.2, 0.25) is 0 Å². The number of hydrogen-bond acceptors (Lipinski definition) is 2. The smallest absolute Gasteiger partial charge is 0.0193 e. The minimum atomic E-state index is 0.625. The summed E-state index contributed by atoms with van der Waals surface area (Å²) in [7, 11) is 2.19. The zero-order chi connectivity index (χ0) is 9.84. The van der Waals surface area contributed by atoms with Crippen LogP contribution in [0, 0.1) is 5.92 Å². The van der Waals surface area contributed by atoms with Crippen molar-refractivity contribution in [1.82, 2.24) is 9.80 Å². The summed E-state index contributed by atoms with van der Waals surface area (Å²) in [5, 5.41) is 0. The average molecular weight is 182 g/mol. The van der Waals surface area contributed by atoms with E-state index in [0.717, 1.165) is 6.54 Å². The maximum Gasteiger partial charge on any atom is 0.0193 e. The molecule has 0 bridgehead atoms. The summed E-state index contributed by atoms with van der Waals surface area (Å²) >= 11 is 0. The van der Waals surface area contributed by atoms with Crippen LogP contribution < -0.4 is 0 Å². The first-order chi connectivity index (χ1) is 6.09. The molecule has 1 fully saturated rings. The van der Waals surface area contributed by atoms with Gasteiger partial charge >= 0.3 is 0 Å². The van der Waals surface area contributed by atoms with Crippen LogP contribution in [-0.2, 0) is 0 Å². The fourth-order valence-electron chi connectivity index (χ4n) is 1.48. The highest BCUT2D eigenvalue weighted by Crippen LogP contribution is 2.10. The molecule has 0 saturated carbocycles. The lowest BCUT2D eigenvalue weighted by Crippen LogP contribution is -2.45. The lowest BCUT2D eigenvalue weighted by Gasteiger charge is -2.33. The predicted octanol–water partition coefficient (Wildman–Crippen LogP) is 1.45. The van der Waals surface area contributed by atoms with Crippen molar-refractivity contribution in [3.8, 4) is 0 Å². The van der Waals surface area contributed by atoms with Gasteiger partial charge in [0.15, 0.2) is 0 Å². The van der Waals surface area contributed by atoms with Crippen LogP contribution in [0.2, 0.25) is 0 Å². The molecule has 0 aliphatic carbocycles. The molecule has 1 aliphatic rings. The largest absolute Gasteiger partial charge is 0.304 e. The van der Waals surface area contributed by atoms with Crippen molar-refractivity contribution >= 4 is 0 Å². The summed E-state index contributed by atoms with van der Waals surface area (Å²) in [6, 6.07) is 0. The van der Waals surface area contributed by atoms with Crippen molar-refractivity contribution in [2.45, 2.75) is 13.8 Å². The van der Waals surface area contributed by atoms with Crippen molar-refractivity contribution in [2.75, 3.05) is 39.8 Å². The summed E-state index contributed by atoms with van der Waals surface area (Å²) < 4.78 is 0. The minimum absolute atomic E-state index is 0.625. The second kappa shape index (κ2) is 4.77. The van der Waals surface area contributed by atoms with Gasteiger partial charge in [-0.3, -0.25) is 4.90 Å². The Balaban J connectivity index is 2.26. The molecule has 76 valence electrons. The van der Waals surface area contributed by atoms with Crippen LogP contribution in [0.3, 0.4) is 0 Å². The Hall–Kier alpha value is -0.340. The molecule has 0 amide bonds. The summed E-state index contributed by atoms with van der Waals surface area (Å²) in [6.45, 7) is 14.4. The van der Waals surface area contributed by atoms with Gasteiger partial charge in [-0.15, -0.1) is 0 Å². The van der Waals surface area contributed by atoms with E-state index in [1.54, 1.807) is 0 Å². The highest BCUT2D eigenvalue weighted by Gasteiger charge is 2.14. The molecule has 0 N–H and O–H groups in total. The van der Waals surface area contributed by atoms with Gasteiger partial charge < -0.3 is 4.90 Å². The summed E-state index contributed by atoms with van der Waals surface area (Å²) in [5.74, 6) is 0.625. The van der Waals surface area contributed by atoms with E-state index in [2.05, 4.69) is 37.3 Å². The molecule has 1 saturated heterocycles. The standard InChI is InChI=1S/C11H22N2/c1-10(2)11(3)9-13-7-5-12(4)6-8-13/h10H,3,5-9H2,1-2,4H3. The lowest BCUT2D eigenvalue weighted by molar-refractivity contribution is 0.162. The van der Waals surface area contributed by atoms with Gasteiger partial charge in [0.05, 0.1) is 0 Å². The number of piperazine rings is 1. The van der Waals surface area contributed by atoms with E-state index in [-0.39, 0.29) is 0 Å². The van der Waals surface area contributed by atoms with E-state index in [0.29, 0.717) is 5.92 Å². The lowest BCUT2D eigenvalue weighted by atomic mass is 10.0. The molecule has 0 aromatic carbocycles. The van der Waals surface area contributed by atoms with Crippen LogP contribution in [-0.4, -0.2) is 49.6 Å². The SMILES string of the molecule is C=C(CN1CCN(C)CC1)C(C)C. The van der Waals surface area contributed by atoms with Gasteiger partial charge in [-0.1, -0.05) is 26.0 Å². The first kappa shape index (κ1) is 10.7. The Labute approximate surface area is 82.2 Å². The third-order valence-electron chi connectivity index (χ3n) is 2.84. The number of nitrogens with zero attached hydrogens (tertiary/aromatic N) is 2. The molecule has 1 aliphatic heterocycles. The van der Waals surface area contributed by atoms with Crippen molar-refractivity contribution in [3.63, 3.8) is 0 Å². The molecule has 1 heterocycles. The minimum Gasteiger partial charge on any atom is -0.304 e. The second-order valence-electron chi connectivity index (χ2n) is 4.39. The molecule has 0 atom stereocenters. The molecule has 2 nitrogen and oxygen atoms in total. The van der Waals surface area contributed by atoms with Crippen LogP contribution in [0.4, 0.5) is 0 Å². The predicted molar refractivity (Wildman–Crippen MR) is 57.9 cm³/mol. The van der Waals surface area contributed by atoms with Crippen molar-refractivity contribution in [3.05, 3.63) is 12.2 Å². The monoisotopic (exact) mass is 182 g/mol. The van der Waals surface area contributed by atoms with E-state index < -0.39 is 0 Å². The molecular formula is C11H22N2. The number of rotatable bonds is 3. The maximum absolute atomic E-state index is 4.11. The zero-order valence-corrected chi connectivity index (χ0v) is 9.21. The van der Waals surface area contributed by atoms with Crippen LogP contribution in [0.1, 0.15) is 13.8 Å². The van der Waals surface area contributed by atoms with E-state index in [1.165, 1.54) is 31.8 Å². The zero-order valence-electron chi connectivity index (χ0n) is 9.21. The van der Waals surface area contributed by atoms with Crippen molar-refractivity contribution in [1.29, 1.82) is 0 Å². The van der Waals surface area contributed by atoms with E-state index in [1.807, 2.05) is 0 Å². The van der Waals surface area contributed by atoms with Crippen LogP contribution >= 0.6 is 0 Å². The highest BCUT2D eigenvalue weighted by molar-refractivity contribution is 5.00. The third-order valence-corrected chi connectivity index (χ3v) is 2.84. The van der Waals surface area contributed by atoms with Gasteiger partial charge in [-0.25, -0.2) is 0 Å². The van der Waals surface area contributed by atoms with E-state index in [4.69, 9.17) is 0 Å². The molecule has 1 rings (SSSR count). The second-order valence-corrected chi connectivity index (χ2v) is 4.39. The Morgan fingerprint density at radius 2 is 1.77 bits per heavy atom. The molecule has 0 aromatic rings. The Bertz CT molecular complexity index is 167. The van der Waals surface area contributed by atoms with Gasteiger partial charge in [0.1, 0.15) is 0 Å². The van der Waals surface area contributed by atoms with Crippen LogP contribution in [0.5, 0.6) is 0 Å². The normalized spacial score (nSPS) is 20.9. The van der Waals surface area contributed by atoms with Gasteiger partial charge in [-0.2, -0.15) is 0 Å². The van der Waals surface area contributed by atoms with Crippen molar-refractivity contribution < 1.29 is 0 Å². The Morgan fingerprint density at radius 1 is 1.23 bits per heavy atom. The first-order valence-corrected chi connectivity index (χ1v) is 5.18. The topological polar surface area (TPSA) is 6.48 Å². The highest BCUT2D eigenvalue weighted by atomic mass is 15.2. The quantitative estimate of drug-likeness (QED) is 0.610. The third kappa shape index (κ3) is 3.49. The van der Waals surface area contributed by atoms with Gasteiger partial charge in [-0.05, 0) is 13.0 Å². The van der Waals surface area contributed by atoms with Gasteiger partial charge in [0, 0.05) is 32.7 Å². The van der Waals surface area contributed by atoms with Gasteiger partial charge in [0.25, 0.3) is 0 Å². The summed E-state index contributed by atoms with van der Waals surface area (Å²) in [6.07, 6.45) is 0. The molecule has 0 spiro atoms. The molecule has 0 unspecified atom stereocenters. The Kier molecular flexibility index (Phi) is 3.94.